The molecule has 2 fully saturated rings. The number of carbonyl (C=O) groups is 1. The quantitative estimate of drug-likeness (QED) is 0.504. The number of halogens is 3. The fraction of sp³-hybridized carbons (Fsp3) is 0.522. The second-order valence-electron chi connectivity index (χ2n) is 9.11. The highest BCUT2D eigenvalue weighted by Crippen LogP contribution is 2.31. The van der Waals surface area contributed by atoms with Crippen LogP contribution in [0.2, 0.25) is 0 Å². The Morgan fingerprint density at radius 2 is 1.86 bits per heavy atom. The molecule has 0 unspecified atom stereocenters. The van der Waals surface area contributed by atoms with Crippen molar-refractivity contribution in [2.75, 3.05) is 57.8 Å². The van der Waals surface area contributed by atoms with Gasteiger partial charge in [-0.3, -0.25) is 9.69 Å². The minimum atomic E-state index is -4.62. The van der Waals surface area contributed by atoms with Crippen LogP contribution in [0.1, 0.15) is 30.1 Å². The van der Waals surface area contributed by atoms with E-state index in [0.29, 0.717) is 50.4 Å². The molecular weight excluding hydrogens is 477 g/mol. The lowest BCUT2D eigenvalue weighted by Crippen LogP contribution is -2.49. The fourth-order valence-corrected chi connectivity index (χ4v) is 4.56. The van der Waals surface area contributed by atoms with E-state index in [2.05, 4.69) is 25.2 Å². The number of aromatic nitrogens is 5. The molecule has 0 saturated carbocycles. The van der Waals surface area contributed by atoms with Crippen molar-refractivity contribution in [3.05, 3.63) is 41.9 Å². The number of alkyl halides is 3. The molecule has 3 aromatic heterocycles. The van der Waals surface area contributed by atoms with Crippen molar-refractivity contribution in [3.8, 4) is 5.88 Å². The number of fused-ring (bicyclic) bond motifs is 1. The molecule has 0 bridgehead atoms. The van der Waals surface area contributed by atoms with Crippen LogP contribution in [0.4, 0.5) is 19.0 Å². The van der Waals surface area contributed by atoms with E-state index in [4.69, 9.17) is 4.74 Å². The van der Waals surface area contributed by atoms with Gasteiger partial charge in [-0.05, 0) is 36.5 Å². The first kappa shape index (κ1) is 24.2. The fourth-order valence-electron chi connectivity index (χ4n) is 4.56. The summed E-state index contributed by atoms with van der Waals surface area (Å²) in [5.74, 6) is 0.304. The Morgan fingerprint density at radius 3 is 2.56 bits per heavy atom. The average molecular weight is 505 g/mol. The first-order valence-electron chi connectivity index (χ1n) is 11.9. The summed E-state index contributed by atoms with van der Waals surface area (Å²) in [6.45, 7) is 4.43. The number of rotatable bonds is 6. The van der Waals surface area contributed by atoms with Crippen molar-refractivity contribution >= 4 is 17.4 Å². The van der Waals surface area contributed by atoms with Gasteiger partial charge in [-0.2, -0.15) is 17.7 Å². The highest BCUT2D eigenvalue weighted by molar-refractivity contribution is 5.78. The highest BCUT2D eigenvalue weighted by Gasteiger charge is 2.38. The van der Waals surface area contributed by atoms with Gasteiger partial charge >= 0.3 is 6.18 Å². The molecule has 2 saturated heterocycles. The van der Waals surface area contributed by atoms with Crippen LogP contribution in [0.25, 0.3) is 5.65 Å². The lowest BCUT2D eigenvalue weighted by atomic mass is 9.90. The zero-order chi connectivity index (χ0) is 25.3. The molecule has 1 amide bonds. The average Bonchev–Trinajstić information content (AvgIpc) is 3.31. The Kier molecular flexibility index (Phi) is 6.65. The molecule has 0 N–H and O–H groups in total. The summed E-state index contributed by atoms with van der Waals surface area (Å²) in [6.07, 6.45) is -1.14. The van der Waals surface area contributed by atoms with E-state index >= 15 is 0 Å². The first-order chi connectivity index (χ1) is 17.3. The molecule has 0 spiro atoms. The summed E-state index contributed by atoms with van der Waals surface area (Å²) >= 11 is 0. The van der Waals surface area contributed by atoms with Crippen LogP contribution in [0.3, 0.4) is 0 Å². The number of amides is 1. The molecule has 3 aromatic rings. The maximum Gasteiger partial charge on any atom is 0.453 e. The monoisotopic (exact) mass is 504 g/mol. The smallest absolute Gasteiger partial charge is 0.453 e. The van der Waals surface area contributed by atoms with Crippen molar-refractivity contribution in [2.24, 2.45) is 0 Å². The maximum atomic E-state index is 13.2. The van der Waals surface area contributed by atoms with E-state index in [9.17, 15) is 18.0 Å². The van der Waals surface area contributed by atoms with Crippen molar-refractivity contribution in [2.45, 2.75) is 24.9 Å². The topological polar surface area (TPSA) is 92.0 Å². The van der Waals surface area contributed by atoms with Crippen LogP contribution in [0, 0.1) is 0 Å². The van der Waals surface area contributed by atoms with Gasteiger partial charge in [0.05, 0.1) is 6.54 Å². The van der Waals surface area contributed by atoms with E-state index in [0.717, 1.165) is 36.0 Å². The number of hydrogen-bond donors (Lipinski definition) is 0. The summed E-state index contributed by atoms with van der Waals surface area (Å²) in [4.78, 5) is 22.0. The number of likely N-dealkylation sites (N-methyl/N-ethyl adjacent to an activating group) is 1. The summed E-state index contributed by atoms with van der Waals surface area (Å²) in [7, 11) is 1.81. The molecule has 10 nitrogen and oxygen atoms in total. The second kappa shape index (κ2) is 9.88. The minimum absolute atomic E-state index is 0.0614. The van der Waals surface area contributed by atoms with Gasteiger partial charge in [-0.1, -0.05) is 6.07 Å². The zero-order valence-corrected chi connectivity index (χ0v) is 19.9. The van der Waals surface area contributed by atoms with E-state index in [1.54, 1.807) is 11.0 Å². The van der Waals surface area contributed by atoms with Crippen LogP contribution >= 0.6 is 0 Å². The van der Waals surface area contributed by atoms with Gasteiger partial charge in [-0.25, -0.2) is 4.98 Å². The molecule has 192 valence electrons. The number of piperidine rings is 1. The summed E-state index contributed by atoms with van der Waals surface area (Å²) in [5, 5.41) is 10.9. The standard InChI is InChI=1S/C23H27F3N8O2/c1-31-10-11-32(15-21(31)35)12-13-36-20-5-2-17(14-27-20)16-6-8-33(9-7-16)19-4-3-18-28-29-22(23(24,25)26)34(18)30-19/h2-5,14,16H,6-13,15H2,1H3. The normalized spacial score (nSPS) is 18.3. The molecule has 36 heavy (non-hydrogen) atoms. The van der Waals surface area contributed by atoms with Crippen molar-refractivity contribution in [1.82, 2.24) is 34.6 Å². The zero-order valence-electron chi connectivity index (χ0n) is 19.9. The maximum absolute atomic E-state index is 13.2. The molecule has 5 rings (SSSR count). The summed E-state index contributed by atoms with van der Waals surface area (Å²) in [6, 6.07) is 7.05. The number of nitrogens with zero attached hydrogens (tertiary/aromatic N) is 8. The lowest BCUT2D eigenvalue weighted by Gasteiger charge is -2.32. The second-order valence-corrected chi connectivity index (χ2v) is 9.11. The predicted molar refractivity (Wildman–Crippen MR) is 124 cm³/mol. The van der Waals surface area contributed by atoms with Crippen molar-refractivity contribution in [3.63, 3.8) is 0 Å². The molecule has 2 aliphatic heterocycles. The molecule has 0 atom stereocenters. The van der Waals surface area contributed by atoms with Crippen LogP contribution in [0.15, 0.2) is 30.5 Å². The number of anilines is 1. The van der Waals surface area contributed by atoms with Crippen LogP contribution in [-0.4, -0.2) is 93.4 Å². The van der Waals surface area contributed by atoms with Gasteiger partial charge < -0.3 is 14.5 Å². The molecule has 0 aliphatic carbocycles. The van der Waals surface area contributed by atoms with E-state index in [-0.39, 0.29) is 11.6 Å². The third kappa shape index (κ3) is 5.20. The Hall–Kier alpha value is -3.48. The summed E-state index contributed by atoms with van der Waals surface area (Å²) in [5.41, 5.74) is 1.17. The van der Waals surface area contributed by atoms with Gasteiger partial charge in [0.15, 0.2) is 5.65 Å². The number of piperazine rings is 1. The van der Waals surface area contributed by atoms with E-state index in [1.807, 2.05) is 30.3 Å². The number of pyridine rings is 1. The molecule has 13 heteroatoms. The van der Waals surface area contributed by atoms with E-state index in [1.165, 1.54) is 6.07 Å². The number of ether oxygens (including phenoxy) is 1. The lowest BCUT2D eigenvalue weighted by molar-refractivity contribution is -0.146. The largest absolute Gasteiger partial charge is 0.476 e. The van der Waals surface area contributed by atoms with Gasteiger partial charge in [0.2, 0.25) is 11.8 Å². The minimum Gasteiger partial charge on any atom is -0.476 e. The van der Waals surface area contributed by atoms with Gasteiger partial charge in [0.25, 0.3) is 5.82 Å². The van der Waals surface area contributed by atoms with Crippen molar-refractivity contribution in [1.29, 1.82) is 0 Å². The Labute approximate surface area is 205 Å². The van der Waals surface area contributed by atoms with Gasteiger partial charge in [0, 0.05) is 52.0 Å². The Bertz CT molecular complexity index is 1210. The van der Waals surface area contributed by atoms with Crippen LogP contribution in [0.5, 0.6) is 5.88 Å². The Balaban J connectivity index is 1.13. The predicted octanol–water partition coefficient (Wildman–Crippen LogP) is 2.07. The highest BCUT2D eigenvalue weighted by atomic mass is 19.4. The third-order valence-electron chi connectivity index (χ3n) is 6.75. The summed E-state index contributed by atoms with van der Waals surface area (Å²) < 4.78 is 46.0. The van der Waals surface area contributed by atoms with Gasteiger partial charge in [0.1, 0.15) is 12.4 Å². The van der Waals surface area contributed by atoms with Crippen LogP contribution < -0.4 is 9.64 Å². The molecule has 2 aliphatic rings. The number of carbonyl (C=O) groups excluding carboxylic acids is 1. The Morgan fingerprint density at radius 1 is 1.06 bits per heavy atom. The molecule has 0 aromatic carbocycles. The number of hydrogen-bond acceptors (Lipinski definition) is 8. The van der Waals surface area contributed by atoms with Gasteiger partial charge in [-0.15, -0.1) is 15.3 Å². The SMILES string of the molecule is CN1CCN(CCOc2ccc(C3CCN(c4ccc5nnc(C(F)(F)F)n5n4)CC3)cn2)CC1=O. The molecular formula is C23H27F3N8O2. The first-order valence-corrected chi connectivity index (χ1v) is 11.9. The third-order valence-corrected chi connectivity index (χ3v) is 6.75. The molecule has 5 heterocycles. The molecule has 0 radical (unpaired) electrons. The van der Waals surface area contributed by atoms with Crippen molar-refractivity contribution < 1.29 is 22.7 Å². The van der Waals surface area contributed by atoms with E-state index < -0.39 is 12.0 Å². The van der Waals surface area contributed by atoms with Crippen LogP contribution in [-0.2, 0) is 11.0 Å².